The molecule has 0 heterocycles. The second kappa shape index (κ2) is 8.36. The molecule has 0 aromatic heterocycles. The van der Waals surface area contributed by atoms with Crippen molar-refractivity contribution in [1.29, 1.82) is 0 Å². The van der Waals surface area contributed by atoms with Gasteiger partial charge in [0.1, 0.15) is 0 Å². The minimum atomic E-state index is -0.781. The average molecular weight is 348 g/mol. The molecule has 126 valence electrons. The first-order valence-electron chi connectivity index (χ1n) is 7.60. The molecule has 0 fully saturated rings. The Bertz CT molecular complexity index is 714. The van der Waals surface area contributed by atoms with Crippen LogP contribution < -0.4 is 0 Å². The fourth-order valence-corrected chi connectivity index (χ4v) is 2.53. The molecule has 2 aromatic carbocycles. The van der Waals surface area contributed by atoms with Crippen LogP contribution in [-0.4, -0.2) is 30.1 Å². The van der Waals surface area contributed by atoms with E-state index in [-0.39, 0.29) is 5.56 Å². The van der Waals surface area contributed by atoms with Crippen molar-refractivity contribution in [3.05, 3.63) is 59.1 Å². The zero-order valence-corrected chi connectivity index (χ0v) is 14.2. The van der Waals surface area contributed by atoms with E-state index in [0.29, 0.717) is 23.7 Å². The highest BCUT2D eigenvalue weighted by molar-refractivity contribution is 6.34. The fourth-order valence-electron chi connectivity index (χ4n) is 2.25. The third-order valence-electron chi connectivity index (χ3n) is 3.51. The number of hydrogen-bond donors (Lipinski definition) is 0. The van der Waals surface area contributed by atoms with Gasteiger partial charge in [0.05, 0.1) is 5.56 Å². The van der Waals surface area contributed by atoms with E-state index in [9.17, 15) is 9.59 Å². The van der Waals surface area contributed by atoms with Gasteiger partial charge in [-0.1, -0.05) is 48.0 Å². The first kappa shape index (κ1) is 17.8. The Balaban J connectivity index is 2.22. The normalized spacial score (nSPS) is 10.1. The SMILES string of the molecule is CCN(CC)C(=O)OOC(=O)c1cccc(Cl)c1-c1ccccc1. The summed E-state index contributed by atoms with van der Waals surface area (Å²) >= 11 is 6.24. The molecule has 2 rings (SSSR count). The summed E-state index contributed by atoms with van der Waals surface area (Å²) in [5.74, 6) is -0.781. The number of carbonyl (C=O) groups is 2. The summed E-state index contributed by atoms with van der Waals surface area (Å²) in [5.41, 5.74) is 1.52. The van der Waals surface area contributed by atoms with Crippen molar-refractivity contribution in [2.24, 2.45) is 0 Å². The van der Waals surface area contributed by atoms with Crippen molar-refractivity contribution in [2.75, 3.05) is 13.1 Å². The van der Waals surface area contributed by atoms with Crippen LogP contribution in [0.3, 0.4) is 0 Å². The standard InChI is InChI=1S/C18H18ClNO4/c1-3-20(4-2)18(22)24-23-17(21)14-11-8-12-15(19)16(14)13-9-6-5-7-10-13/h5-12H,3-4H2,1-2H3. The summed E-state index contributed by atoms with van der Waals surface area (Å²) in [7, 11) is 0. The Kier molecular flexibility index (Phi) is 6.21. The highest BCUT2D eigenvalue weighted by Gasteiger charge is 2.20. The predicted octanol–water partition coefficient (Wildman–Crippen LogP) is 4.56. The summed E-state index contributed by atoms with van der Waals surface area (Å²) in [6, 6.07) is 14.1. The highest BCUT2D eigenvalue weighted by atomic mass is 35.5. The maximum Gasteiger partial charge on any atom is 0.453 e. The summed E-state index contributed by atoms with van der Waals surface area (Å²) in [5, 5.41) is 0.408. The first-order chi connectivity index (χ1) is 11.6. The number of hydrogen-bond acceptors (Lipinski definition) is 4. The van der Waals surface area contributed by atoms with Crippen molar-refractivity contribution >= 4 is 23.7 Å². The van der Waals surface area contributed by atoms with Gasteiger partial charge in [-0.05, 0) is 31.5 Å². The van der Waals surface area contributed by atoms with Gasteiger partial charge in [0, 0.05) is 23.7 Å². The molecule has 5 nitrogen and oxygen atoms in total. The summed E-state index contributed by atoms with van der Waals surface area (Å²) < 4.78 is 0. The predicted molar refractivity (Wildman–Crippen MR) is 91.7 cm³/mol. The molecule has 2 aromatic rings. The summed E-state index contributed by atoms with van der Waals surface area (Å²) in [4.78, 5) is 34.8. The molecule has 0 bridgehead atoms. The number of benzene rings is 2. The number of rotatable bonds is 4. The minimum Gasteiger partial charge on any atom is -0.306 e. The largest absolute Gasteiger partial charge is 0.453 e. The van der Waals surface area contributed by atoms with E-state index in [0.717, 1.165) is 5.56 Å². The zero-order chi connectivity index (χ0) is 17.5. The van der Waals surface area contributed by atoms with E-state index in [1.165, 1.54) is 4.90 Å². The van der Waals surface area contributed by atoms with E-state index in [1.807, 2.05) is 30.3 Å². The van der Waals surface area contributed by atoms with Crippen LogP contribution in [0.5, 0.6) is 0 Å². The number of nitrogens with zero attached hydrogens (tertiary/aromatic N) is 1. The molecule has 0 spiro atoms. The molecule has 0 radical (unpaired) electrons. The lowest BCUT2D eigenvalue weighted by Gasteiger charge is -2.16. The third-order valence-corrected chi connectivity index (χ3v) is 3.82. The molecule has 1 amide bonds. The fraction of sp³-hybridized carbons (Fsp3) is 0.222. The van der Waals surface area contributed by atoms with Gasteiger partial charge in [-0.25, -0.2) is 19.4 Å². The molecule has 0 N–H and O–H groups in total. The Morgan fingerprint density at radius 2 is 1.62 bits per heavy atom. The van der Waals surface area contributed by atoms with E-state index < -0.39 is 12.1 Å². The second-order valence-electron chi connectivity index (χ2n) is 4.92. The molecule has 24 heavy (non-hydrogen) atoms. The Labute approximate surface area is 145 Å². The smallest absolute Gasteiger partial charge is 0.306 e. The van der Waals surface area contributed by atoms with Crippen LogP contribution in [0.2, 0.25) is 5.02 Å². The van der Waals surface area contributed by atoms with Crippen molar-refractivity contribution in [1.82, 2.24) is 4.90 Å². The lowest BCUT2D eigenvalue weighted by atomic mass is 10.00. The monoisotopic (exact) mass is 347 g/mol. The third kappa shape index (κ3) is 4.06. The Hall–Kier alpha value is -2.53. The molecular weight excluding hydrogens is 330 g/mol. The lowest BCUT2D eigenvalue weighted by molar-refractivity contribution is -0.191. The van der Waals surface area contributed by atoms with Crippen molar-refractivity contribution in [3.8, 4) is 11.1 Å². The van der Waals surface area contributed by atoms with E-state index in [4.69, 9.17) is 16.5 Å². The quantitative estimate of drug-likeness (QED) is 0.601. The zero-order valence-electron chi connectivity index (χ0n) is 13.5. The molecule has 0 saturated carbocycles. The van der Waals surface area contributed by atoms with Crippen LogP contribution >= 0.6 is 11.6 Å². The van der Waals surface area contributed by atoms with E-state index >= 15 is 0 Å². The van der Waals surface area contributed by atoms with Gasteiger partial charge in [-0.15, -0.1) is 0 Å². The van der Waals surface area contributed by atoms with Crippen LogP contribution in [0.25, 0.3) is 11.1 Å². The first-order valence-corrected chi connectivity index (χ1v) is 7.98. The molecule has 0 aliphatic rings. The highest BCUT2D eigenvalue weighted by Crippen LogP contribution is 2.31. The summed E-state index contributed by atoms with van der Waals surface area (Å²) in [6.07, 6.45) is -0.711. The number of amides is 1. The molecule has 0 atom stereocenters. The van der Waals surface area contributed by atoms with Gasteiger partial charge in [0.2, 0.25) is 0 Å². The molecule has 0 aliphatic heterocycles. The maximum absolute atomic E-state index is 12.3. The van der Waals surface area contributed by atoms with Crippen LogP contribution in [0.4, 0.5) is 4.79 Å². The van der Waals surface area contributed by atoms with Gasteiger partial charge in [0.15, 0.2) is 0 Å². The number of halogens is 1. The Morgan fingerprint density at radius 1 is 0.958 bits per heavy atom. The van der Waals surface area contributed by atoms with Gasteiger partial charge in [-0.2, -0.15) is 0 Å². The maximum atomic E-state index is 12.3. The minimum absolute atomic E-state index is 0.223. The van der Waals surface area contributed by atoms with Crippen LogP contribution in [-0.2, 0) is 9.78 Å². The Morgan fingerprint density at radius 3 is 2.25 bits per heavy atom. The molecule has 0 unspecified atom stereocenters. The van der Waals surface area contributed by atoms with Crippen LogP contribution in [0, 0.1) is 0 Å². The molecule has 0 aliphatic carbocycles. The van der Waals surface area contributed by atoms with Crippen LogP contribution in [0.1, 0.15) is 24.2 Å². The van der Waals surface area contributed by atoms with E-state index in [1.54, 1.807) is 32.0 Å². The number of carbonyl (C=O) groups excluding carboxylic acids is 2. The lowest BCUT2D eigenvalue weighted by Crippen LogP contribution is -2.31. The van der Waals surface area contributed by atoms with Crippen molar-refractivity contribution in [2.45, 2.75) is 13.8 Å². The average Bonchev–Trinajstić information content (AvgIpc) is 2.61. The second-order valence-corrected chi connectivity index (χ2v) is 5.33. The topological polar surface area (TPSA) is 55.8 Å². The van der Waals surface area contributed by atoms with Gasteiger partial charge in [0.25, 0.3) is 0 Å². The van der Waals surface area contributed by atoms with Gasteiger partial charge >= 0.3 is 12.1 Å². The summed E-state index contributed by atoms with van der Waals surface area (Å²) in [6.45, 7) is 4.52. The van der Waals surface area contributed by atoms with Gasteiger partial charge in [-0.3, -0.25) is 0 Å². The van der Waals surface area contributed by atoms with Crippen molar-refractivity contribution < 1.29 is 19.4 Å². The molecule has 0 saturated heterocycles. The van der Waals surface area contributed by atoms with E-state index in [2.05, 4.69) is 4.89 Å². The van der Waals surface area contributed by atoms with Crippen molar-refractivity contribution in [3.63, 3.8) is 0 Å². The van der Waals surface area contributed by atoms with Gasteiger partial charge < -0.3 is 4.90 Å². The molecule has 6 heteroatoms. The molecular formula is C18H18ClNO4. The van der Waals surface area contributed by atoms with Crippen LogP contribution in [0.15, 0.2) is 48.5 Å².